The summed E-state index contributed by atoms with van der Waals surface area (Å²) < 4.78 is 22.1. The molecule has 0 aliphatic heterocycles. The molecule has 4 aromatic rings. The quantitative estimate of drug-likeness (QED) is 0.185. The lowest BCUT2D eigenvalue weighted by Crippen LogP contribution is -2.66. The highest BCUT2D eigenvalue weighted by Crippen LogP contribution is 2.50. The van der Waals surface area contributed by atoms with Crippen molar-refractivity contribution in [3.05, 3.63) is 121 Å². The van der Waals surface area contributed by atoms with Crippen molar-refractivity contribution in [1.29, 1.82) is 0 Å². The van der Waals surface area contributed by atoms with Gasteiger partial charge in [-0.15, -0.1) is 0 Å². The summed E-state index contributed by atoms with van der Waals surface area (Å²) in [4.78, 5) is 13.2. The van der Waals surface area contributed by atoms with Crippen LogP contribution in [0.4, 0.5) is 0 Å². The Morgan fingerprint density at radius 1 is 0.711 bits per heavy atom. The van der Waals surface area contributed by atoms with Crippen LogP contribution in [0.3, 0.4) is 0 Å². The Bertz CT molecular complexity index is 1280. The monoisotopic (exact) mass is 540 g/mol. The predicted octanol–water partition coefficient (Wildman–Crippen LogP) is 5.92. The van der Waals surface area contributed by atoms with Gasteiger partial charge in [0.2, 0.25) is 0 Å². The van der Waals surface area contributed by atoms with Crippen LogP contribution < -0.4 is 21.0 Å². The van der Waals surface area contributed by atoms with Gasteiger partial charge in [0, 0.05) is 17.2 Å². The van der Waals surface area contributed by atoms with Crippen molar-refractivity contribution < 1.29 is 13.8 Å². The molecule has 0 saturated carbocycles. The van der Waals surface area contributed by atoms with Crippen LogP contribution in [0.15, 0.2) is 121 Å². The van der Waals surface area contributed by atoms with Crippen LogP contribution in [-0.2, 0) is 13.8 Å². The Balaban J connectivity index is 1.76. The van der Waals surface area contributed by atoms with Crippen molar-refractivity contribution in [3.8, 4) is 0 Å². The zero-order valence-corrected chi connectivity index (χ0v) is 24.6. The van der Waals surface area contributed by atoms with Gasteiger partial charge in [-0.1, -0.05) is 142 Å². The molecule has 0 bridgehead atoms. The Morgan fingerprint density at radius 2 is 1.08 bits per heavy atom. The van der Waals surface area contributed by atoms with Gasteiger partial charge >= 0.3 is 0 Å². The van der Waals surface area contributed by atoms with Gasteiger partial charge in [-0.25, -0.2) is 0 Å². The first-order chi connectivity index (χ1) is 18.2. The summed E-state index contributed by atoms with van der Waals surface area (Å²) in [6, 6.07) is 39.8. The fourth-order valence-corrected chi connectivity index (χ4v) is 13.3. The maximum Gasteiger partial charge on any atom is 0.261 e. The Labute approximate surface area is 228 Å². The fraction of sp³-hybridized carbons (Fsp3) is 0.242. The molecule has 4 rings (SSSR count). The number of ketones is 1. The highest BCUT2D eigenvalue weighted by molar-refractivity contribution is 7.80. The Morgan fingerprint density at radius 3 is 1.42 bits per heavy atom. The summed E-state index contributed by atoms with van der Waals surface area (Å²) in [5, 5.41) is 3.61. The molecule has 0 heterocycles. The summed E-state index contributed by atoms with van der Waals surface area (Å²) in [5.74, 6) is -0.0768. The topological polar surface area (TPSA) is 43.4 Å². The molecule has 0 amide bonds. The molecule has 1 unspecified atom stereocenters. The highest BCUT2D eigenvalue weighted by atomic mass is 31.2. The second-order valence-electron chi connectivity index (χ2n) is 10.8. The van der Waals surface area contributed by atoms with Gasteiger partial charge in [-0.2, -0.15) is 0 Å². The number of Topliss-reactive ketones (excluding diaryl/α,β-unsaturated/α-hetero) is 1. The molecule has 0 radical (unpaired) electrons. The van der Waals surface area contributed by atoms with Gasteiger partial charge in [0.25, 0.3) is 8.32 Å². The standard InChI is InChI=1S/C33H37O3PSi/c1-27(34)32(37(35,28-17-9-5-10-18-28)29-19-11-6-12-20-29)25-26-36-38(33(2,3)4,30-21-13-7-14-22-30)31-23-15-8-16-24-31/h5-24,32H,25-26H2,1-4H3. The van der Waals surface area contributed by atoms with Crippen molar-refractivity contribution in [3.63, 3.8) is 0 Å². The molecule has 0 aliphatic rings. The SMILES string of the molecule is CC(=O)C(CCO[Si](c1ccccc1)(c1ccccc1)C(C)(C)C)P(=O)(c1ccccc1)c1ccccc1. The summed E-state index contributed by atoms with van der Waals surface area (Å²) in [6.45, 7) is 8.61. The molecular weight excluding hydrogens is 503 g/mol. The number of carbonyl (C=O) groups excluding carboxylic acids is 1. The maximum atomic E-state index is 15.0. The van der Waals surface area contributed by atoms with E-state index < -0.39 is 21.1 Å². The minimum atomic E-state index is -3.27. The average molecular weight is 541 g/mol. The summed E-state index contributed by atoms with van der Waals surface area (Å²) in [6.07, 6.45) is 0.376. The van der Waals surface area contributed by atoms with Crippen LogP contribution in [0.1, 0.15) is 34.1 Å². The first-order valence-electron chi connectivity index (χ1n) is 13.2. The van der Waals surface area contributed by atoms with E-state index in [9.17, 15) is 9.36 Å². The first kappa shape index (κ1) is 28.0. The van der Waals surface area contributed by atoms with Crippen molar-refractivity contribution in [2.75, 3.05) is 6.61 Å². The zero-order valence-electron chi connectivity index (χ0n) is 22.7. The van der Waals surface area contributed by atoms with Gasteiger partial charge in [-0.05, 0) is 28.8 Å². The molecule has 0 spiro atoms. The second kappa shape index (κ2) is 11.8. The average Bonchev–Trinajstić information content (AvgIpc) is 2.94. The van der Waals surface area contributed by atoms with E-state index in [2.05, 4.69) is 69.3 Å². The van der Waals surface area contributed by atoms with Crippen LogP contribution in [0.2, 0.25) is 5.04 Å². The molecule has 0 fully saturated rings. The largest absolute Gasteiger partial charge is 0.407 e. The molecule has 38 heavy (non-hydrogen) atoms. The number of benzene rings is 4. The van der Waals surface area contributed by atoms with E-state index in [0.717, 1.165) is 0 Å². The van der Waals surface area contributed by atoms with E-state index in [0.29, 0.717) is 23.6 Å². The van der Waals surface area contributed by atoms with E-state index >= 15 is 0 Å². The Hall–Kier alpha value is -3.04. The van der Waals surface area contributed by atoms with Crippen LogP contribution in [0.5, 0.6) is 0 Å². The smallest absolute Gasteiger partial charge is 0.261 e. The molecule has 5 heteroatoms. The van der Waals surface area contributed by atoms with Gasteiger partial charge in [0.05, 0.1) is 5.66 Å². The number of rotatable bonds is 10. The van der Waals surface area contributed by atoms with Crippen molar-refractivity contribution in [1.82, 2.24) is 0 Å². The minimum Gasteiger partial charge on any atom is -0.407 e. The minimum absolute atomic E-state index is 0.0768. The molecule has 0 N–H and O–H groups in total. The summed E-state index contributed by atoms with van der Waals surface area (Å²) >= 11 is 0. The van der Waals surface area contributed by atoms with E-state index in [4.69, 9.17) is 4.43 Å². The fourth-order valence-electron chi connectivity index (χ4n) is 5.53. The maximum absolute atomic E-state index is 15.0. The molecule has 0 aromatic heterocycles. The molecule has 1 atom stereocenters. The van der Waals surface area contributed by atoms with Gasteiger partial charge < -0.3 is 8.99 Å². The van der Waals surface area contributed by atoms with E-state index in [1.165, 1.54) is 10.4 Å². The molecule has 0 saturated heterocycles. The van der Waals surface area contributed by atoms with Crippen LogP contribution in [0, 0.1) is 0 Å². The molecular formula is C33H37O3PSi. The van der Waals surface area contributed by atoms with Crippen LogP contribution >= 0.6 is 7.14 Å². The lowest BCUT2D eigenvalue weighted by atomic mass is 10.2. The lowest BCUT2D eigenvalue weighted by Gasteiger charge is -2.43. The molecule has 3 nitrogen and oxygen atoms in total. The number of hydrogen-bond acceptors (Lipinski definition) is 3. The van der Waals surface area contributed by atoms with Crippen molar-refractivity contribution in [2.45, 2.75) is 44.8 Å². The van der Waals surface area contributed by atoms with Crippen LogP contribution in [0.25, 0.3) is 0 Å². The second-order valence-corrected chi connectivity index (χ2v) is 18.0. The normalized spacial score (nSPS) is 13.2. The first-order valence-corrected chi connectivity index (χ1v) is 16.9. The molecule has 4 aromatic carbocycles. The van der Waals surface area contributed by atoms with Crippen molar-refractivity contribution >= 4 is 42.2 Å². The van der Waals surface area contributed by atoms with E-state index in [-0.39, 0.29) is 10.8 Å². The van der Waals surface area contributed by atoms with Crippen LogP contribution in [-0.4, -0.2) is 26.4 Å². The van der Waals surface area contributed by atoms with Gasteiger partial charge in [0.1, 0.15) is 5.78 Å². The third-order valence-corrected chi connectivity index (χ3v) is 16.0. The number of carbonyl (C=O) groups is 1. The van der Waals surface area contributed by atoms with Gasteiger partial charge in [0.15, 0.2) is 7.14 Å². The molecule has 196 valence electrons. The zero-order chi connectivity index (χ0) is 27.2. The van der Waals surface area contributed by atoms with E-state index in [1.807, 2.05) is 72.8 Å². The number of hydrogen-bond donors (Lipinski definition) is 0. The lowest BCUT2D eigenvalue weighted by molar-refractivity contribution is -0.116. The van der Waals surface area contributed by atoms with Crippen molar-refractivity contribution in [2.24, 2.45) is 0 Å². The Kier molecular flexibility index (Phi) is 8.67. The third kappa shape index (κ3) is 5.40. The van der Waals surface area contributed by atoms with Gasteiger partial charge in [-0.3, -0.25) is 4.79 Å². The van der Waals surface area contributed by atoms with E-state index in [1.54, 1.807) is 6.92 Å². The third-order valence-electron chi connectivity index (χ3n) is 7.31. The highest BCUT2D eigenvalue weighted by Gasteiger charge is 2.50. The predicted molar refractivity (Wildman–Crippen MR) is 162 cm³/mol. The summed E-state index contributed by atoms with van der Waals surface area (Å²) in [5.41, 5.74) is -0.675. The molecule has 0 aliphatic carbocycles. The summed E-state index contributed by atoms with van der Waals surface area (Å²) in [7, 11) is -6.04.